The van der Waals surface area contributed by atoms with Gasteiger partial charge in [0.2, 0.25) is 0 Å². The molecule has 0 aliphatic carbocycles. The van der Waals surface area contributed by atoms with Crippen molar-refractivity contribution >= 4 is 23.4 Å². The Labute approximate surface area is 128 Å². The number of aryl methyl sites for hydroxylation is 2. The SMILES string of the molecule is CCn1nc(C)c(N)c1C(=O)NCCSc1ccccc1. The molecule has 0 unspecified atom stereocenters. The highest BCUT2D eigenvalue weighted by molar-refractivity contribution is 7.99. The number of rotatable bonds is 6. The van der Waals surface area contributed by atoms with Gasteiger partial charge >= 0.3 is 0 Å². The zero-order valence-electron chi connectivity index (χ0n) is 12.3. The molecule has 2 aromatic rings. The predicted octanol–water partition coefficient (Wildman–Crippen LogP) is 2.32. The monoisotopic (exact) mass is 304 g/mol. The summed E-state index contributed by atoms with van der Waals surface area (Å²) in [6.07, 6.45) is 0. The summed E-state index contributed by atoms with van der Waals surface area (Å²) in [4.78, 5) is 13.4. The Morgan fingerprint density at radius 2 is 2.10 bits per heavy atom. The minimum Gasteiger partial charge on any atom is -0.395 e. The van der Waals surface area contributed by atoms with Crippen LogP contribution in [0.1, 0.15) is 23.1 Å². The van der Waals surface area contributed by atoms with Crippen LogP contribution in [0.2, 0.25) is 0 Å². The molecule has 0 aliphatic heterocycles. The van der Waals surface area contributed by atoms with E-state index in [2.05, 4.69) is 22.5 Å². The second-order valence-electron chi connectivity index (χ2n) is 4.58. The first kappa shape index (κ1) is 15.4. The Morgan fingerprint density at radius 3 is 2.76 bits per heavy atom. The molecule has 1 heterocycles. The number of carbonyl (C=O) groups excluding carboxylic acids is 1. The van der Waals surface area contributed by atoms with Crippen LogP contribution in [0.15, 0.2) is 35.2 Å². The van der Waals surface area contributed by atoms with Crippen LogP contribution in [0.25, 0.3) is 0 Å². The average molecular weight is 304 g/mol. The van der Waals surface area contributed by atoms with Crippen molar-refractivity contribution in [1.82, 2.24) is 15.1 Å². The van der Waals surface area contributed by atoms with E-state index in [4.69, 9.17) is 5.73 Å². The van der Waals surface area contributed by atoms with Gasteiger partial charge in [-0.15, -0.1) is 11.8 Å². The van der Waals surface area contributed by atoms with E-state index < -0.39 is 0 Å². The zero-order valence-corrected chi connectivity index (χ0v) is 13.1. The Kier molecular flexibility index (Phi) is 5.27. The number of hydrogen-bond donors (Lipinski definition) is 2. The maximum atomic E-state index is 12.2. The van der Waals surface area contributed by atoms with Crippen molar-refractivity contribution in [1.29, 1.82) is 0 Å². The van der Waals surface area contributed by atoms with Gasteiger partial charge in [-0.3, -0.25) is 9.48 Å². The third-order valence-corrected chi connectivity index (χ3v) is 4.10. The lowest BCUT2D eigenvalue weighted by Crippen LogP contribution is -2.28. The Balaban J connectivity index is 1.88. The summed E-state index contributed by atoms with van der Waals surface area (Å²) in [5.41, 5.74) is 7.54. The van der Waals surface area contributed by atoms with Gasteiger partial charge in [0.05, 0.1) is 11.4 Å². The van der Waals surface area contributed by atoms with Crippen LogP contribution >= 0.6 is 11.8 Å². The van der Waals surface area contributed by atoms with Crippen molar-refractivity contribution in [3.63, 3.8) is 0 Å². The first-order valence-electron chi connectivity index (χ1n) is 6.92. The van der Waals surface area contributed by atoms with Gasteiger partial charge < -0.3 is 11.1 Å². The van der Waals surface area contributed by atoms with E-state index >= 15 is 0 Å². The molecule has 3 N–H and O–H groups in total. The minimum absolute atomic E-state index is 0.163. The molecule has 1 aromatic heterocycles. The van der Waals surface area contributed by atoms with Crippen molar-refractivity contribution in [3.8, 4) is 0 Å². The number of nitrogens with one attached hydrogen (secondary N) is 1. The molecule has 0 spiro atoms. The van der Waals surface area contributed by atoms with Gasteiger partial charge in [0.25, 0.3) is 5.91 Å². The van der Waals surface area contributed by atoms with E-state index in [-0.39, 0.29) is 5.91 Å². The maximum absolute atomic E-state index is 12.2. The molecule has 0 fully saturated rings. The number of nitrogens with two attached hydrogens (primary N) is 1. The number of aromatic nitrogens is 2. The summed E-state index contributed by atoms with van der Waals surface area (Å²) in [6, 6.07) is 10.1. The van der Waals surface area contributed by atoms with E-state index in [1.807, 2.05) is 32.0 Å². The molecular formula is C15H20N4OS. The molecule has 0 saturated heterocycles. The Morgan fingerprint density at radius 1 is 1.38 bits per heavy atom. The van der Waals surface area contributed by atoms with Crippen LogP contribution in [-0.4, -0.2) is 28.0 Å². The quantitative estimate of drug-likeness (QED) is 0.634. The van der Waals surface area contributed by atoms with Gasteiger partial charge in [0, 0.05) is 23.7 Å². The molecule has 0 saturated carbocycles. The number of hydrogen-bond acceptors (Lipinski definition) is 4. The first-order valence-corrected chi connectivity index (χ1v) is 7.91. The highest BCUT2D eigenvalue weighted by atomic mass is 32.2. The number of thioether (sulfide) groups is 1. The van der Waals surface area contributed by atoms with Gasteiger partial charge in [-0.05, 0) is 26.0 Å². The summed E-state index contributed by atoms with van der Waals surface area (Å²) in [7, 11) is 0. The Hall–Kier alpha value is -1.95. The number of nitrogen functional groups attached to an aromatic ring is 1. The summed E-state index contributed by atoms with van der Waals surface area (Å²) in [5, 5.41) is 7.15. The van der Waals surface area contributed by atoms with Crippen LogP contribution in [0.3, 0.4) is 0 Å². The third kappa shape index (κ3) is 3.78. The van der Waals surface area contributed by atoms with E-state index in [9.17, 15) is 4.79 Å². The normalized spacial score (nSPS) is 10.6. The van der Waals surface area contributed by atoms with Crippen molar-refractivity contribution in [2.24, 2.45) is 0 Å². The molecule has 1 aromatic carbocycles. The van der Waals surface area contributed by atoms with Crippen molar-refractivity contribution in [3.05, 3.63) is 41.7 Å². The lowest BCUT2D eigenvalue weighted by molar-refractivity contribution is 0.0946. The van der Waals surface area contributed by atoms with Gasteiger partial charge in [-0.1, -0.05) is 18.2 Å². The van der Waals surface area contributed by atoms with E-state index in [0.29, 0.717) is 30.2 Å². The molecule has 5 nitrogen and oxygen atoms in total. The largest absolute Gasteiger partial charge is 0.395 e. The first-order chi connectivity index (χ1) is 10.1. The number of anilines is 1. The van der Waals surface area contributed by atoms with Crippen LogP contribution in [-0.2, 0) is 6.54 Å². The number of carbonyl (C=O) groups is 1. The van der Waals surface area contributed by atoms with Crippen LogP contribution in [0.4, 0.5) is 5.69 Å². The number of amides is 1. The third-order valence-electron chi connectivity index (χ3n) is 3.09. The van der Waals surface area contributed by atoms with Crippen LogP contribution < -0.4 is 11.1 Å². The molecule has 0 radical (unpaired) electrons. The fraction of sp³-hybridized carbons (Fsp3) is 0.333. The van der Waals surface area contributed by atoms with Gasteiger partial charge in [-0.25, -0.2) is 0 Å². The molecule has 21 heavy (non-hydrogen) atoms. The van der Waals surface area contributed by atoms with Crippen molar-refractivity contribution < 1.29 is 4.79 Å². The summed E-state index contributed by atoms with van der Waals surface area (Å²) in [6.45, 7) is 4.96. The van der Waals surface area contributed by atoms with Gasteiger partial charge in [0.15, 0.2) is 0 Å². The maximum Gasteiger partial charge on any atom is 0.271 e. The van der Waals surface area contributed by atoms with E-state index in [1.165, 1.54) is 4.90 Å². The summed E-state index contributed by atoms with van der Waals surface area (Å²) < 4.78 is 1.64. The molecular weight excluding hydrogens is 284 g/mol. The second kappa shape index (κ2) is 7.17. The fourth-order valence-corrected chi connectivity index (χ4v) is 2.79. The lowest BCUT2D eigenvalue weighted by Gasteiger charge is -2.07. The predicted molar refractivity (Wildman–Crippen MR) is 86.5 cm³/mol. The smallest absolute Gasteiger partial charge is 0.271 e. The molecule has 112 valence electrons. The topological polar surface area (TPSA) is 72.9 Å². The van der Waals surface area contributed by atoms with Gasteiger partial charge in [-0.2, -0.15) is 5.10 Å². The van der Waals surface area contributed by atoms with Crippen LogP contribution in [0.5, 0.6) is 0 Å². The van der Waals surface area contributed by atoms with Crippen molar-refractivity contribution in [2.45, 2.75) is 25.3 Å². The fourth-order valence-electron chi connectivity index (χ4n) is 2.00. The highest BCUT2D eigenvalue weighted by Gasteiger charge is 2.18. The lowest BCUT2D eigenvalue weighted by atomic mass is 10.3. The zero-order chi connectivity index (χ0) is 15.2. The molecule has 2 rings (SSSR count). The molecule has 0 atom stereocenters. The molecule has 6 heteroatoms. The number of benzene rings is 1. The van der Waals surface area contributed by atoms with Crippen LogP contribution in [0, 0.1) is 6.92 Å². The molecule has 0 aliphatic rings. The summed E-state index contributed by atoms with van der Waals surface area (Å²) in [5.74, 6) is 0.651. The average Bonchev–Trinajstić information content (AvgIpc) is 2.79. The Bertz CT molecular complexity index is 610. The standard InChI is InChI=1S/C15H20N4OS/c1-3-19-14(13(16)11(2)18-19)15(20)17-9-10-21-12-7-5-4-6-8-12/h4-8H,3,9-10,16H2,1-2H3,(H,17,20). The minimum atomic E-state index is -0.163. The highest BCUT2D eigenvalue weighted by Crippen LogP contribution is 2.17. The van der Waals surface area contributed by atoms with Gasteiger partial charge in [0.1, 0.15) is 5.69 Å². The second-order valence-corrected chi connectivity index (χ2v) is 5.75. The molecule has 1 amide bonds. The van der Waals surface area contributed by atoms with E-state index in [1.54, 1.807) is 16.4 Å². The molecule has 0 bridgehead atoms. The number of nitrogens with zero attached hydrogens (tertiary/aromatic N) is 2. The van der Waals surface area contributed by atoms with E-state index in [0.717, 1.165) is 5.75 Å². The van der Waals surface area contributed by atoms with Crippen molar-refractivity contribution in [2.75, 3.05) is 18.0 Å². The summed E-state index contributed by atoms with van der Waals surface area (Å²) >= 11 is 1.71.